The molecular weight excluding hydrogens is 256 g/mol. The Hall–Kier alpha value is -0.0800. The van der Waals surface area contributed by atoms with E-state index in [9.17, 15) is 0 Å². The number of likely N-dealkylation sites (tertiary alicyclic amines) is 1. The van der Waals surface area contributed by atoms with Gasteiger partial charge in [-0.1, -0.05) is 58.8 Å². The molecule has 1 fully saturated rings. The van der Waals surface area contributed by atoms with Crippen LogP contribution in [-0.4, -0.2) is 37.6 Å². The lowest BCUT2D eigenvalue weighted by Crippen LogP contribution is -2.37. The molecule has 1 N–H and O–H groups in total. The van der Waals surface area contributed by atoms with E-state index in [1.165, 1.54) is 103 Å². The molecule has 0 spiro atoms. The highest BCUT2D eigenvalue weighted by Gasteiger charge is 2.17. The van der Waals surface area contributed by atoms with Crippen molar-refractivity contribution in [3.8, 4) is 0 Å². The molecule has 0 aromatic rings. The zero-order valence-electron chi connectivity index (χ0n) is 14.8. The Bertz CT molecular complexity index is 210. The zero-order chi connectivity index (χ0) is 15.2. The molecule has 0 saturated carbocycles. The van der Waals surface area contributed by atoms with Crippen LogP contribution in [0.5, 0.6) is 0 Å². The van der Waals surface area contributed by atoms with Crippen molar-refractivity contribution in [1.82, 2.24) is 10.2 Å². The number of nitrogens with zero attached hydrogens (tertiary/aromatic N) is 1. The molecule has 1 aliphatic rings. The van der Waals surface area contributed by atoms with Crippen LogP contribution < -0.4 is 5.32 Å². The predicted octanol–water partition coefficient (Wildman–Crippen LogP) is 4.84. The fourth-order valence-corrected chi connectivity index (χ4v) is 3.37. The number of hydrogen-bond acceptors (Lipinski definition) is 2. The van der Waals surface area contributed by atoms with Crippen molar-refractivity contribution in [2.75, 3.05) is 32.7 Å². The summed E-state index contributed by atoms with van der Waals surface area (Å²) in [5.74, 6) is 0.936. The van der Waals surface area contributed by atoms with Crippen LogP contribution in [-0.2, 0) is 0 Å². The summed E-state index contributed by atoms with van der Waals surface area (Å²) in [5, 5.41) is 3.58. The zero-order valence-corrected chi connectivity index (χ0v) is 14.8. The minimum atomic E-state index is 0.936. The maximum absolute atomic E-state index is 3.58. The predicted molar refractivity (Wildman–Crippen MR) is 94.9 cm³/mol. The molecule has 1 rings (SSSR count). The summed E-state index contributed by atoms with van der Waals surface area (Å²) in [5.41, 5.74) is 0. The number of piperidine rings is 1. The third-order valence-corrected chi connectivity index (χ3v) is 4.89. The minimum Gasteiger partial charge on any atom is -0.316 e. The third kappa shape index (κ3) is 10.3. The highest BCUT2D eigenvalue weighted by molar-refractivity contribution is 4.73. The number of nitrogens with one attached hydrogen (secondary N) is 1. The second-order valence-electron chi connectivity index (χ2n) is 6.96. The second kappa shape index (κ2) is 13.6. The van der Waals surface area contributed by atoms with E-state index in [-0.39, 0.29) is 0 Å². The van der Waals surface area contributed by atoms with E-state index in [0.29, 0.717) is 0 Å². The Balaban J connectivity index is 1.87. The second-order valence-corrected chi connectivity index (χ2v) is 6.96. The van der Waals surface area contributed by atoms with Crippen molar-refractivity contribution in [2.24, 2.45) is 5.92 Å². The maximum atomic E-state index is 3.58. The van der Waals surface area contributed by atoms with Gasteiger partial charge in [0.2, 0.25) is 0 Å². The van der Waals surface area contributed by atoms with Crippen LogP contribution >= 0.6 is 0 Å². The fraction of sp³-hybridized carbons (Fsp3) is 1.00. The highest BCUT2D eigenvalue weighted by atomic mass is 15.1. The Morgan fingerprint density at radius 3 is 2.05 bits per heavy atom. The van der Waals surface area contributed by atoms with Gasteiger partial charge in [-0.05, 0) is 64.3 Å². The van der Waals surface area contributed by atoms with Gasteiger partial charge in [-0.2, -0.15) is 0 Å². The van der Waals surface area contributed by atoms with Gasteiger partial charge in [-0.3, -0.25) is 0 Å². The van der Waals surface area contributed by atoms with Crippen LogP contribution in [0.25, 0.3) is 0 Å². The van der Waals surface area contributed by atoms with Crippen molar-refractivity contribution in [3.05, 3.63) is 0 Å². The fourth-order valence-electron chi connectivity index (χ4n) is 3.37. The molecule has 0 unspecified atom stereocenters. The first-order valence-corrected chi connectivity index (χ1v) is 9.79. The largest absolute Gasteiger partial charge is 0.316 e. The maximum Gasteiger partial charge on any atom is -0.00156 e. The van der Waals surface area contributed by atoms with Gasteiger partial charge in [-0.15, -0.1) is 0 Å². The Labute approximate surface area is 134 Å². The SMILES string of the molecule is CCCCCCCCCCN1CCC(CNCCC)CC1. The van der Waals surface area contributed by atoms with Crippen molar-refractivity contribution < 1.29 is 0 Å². The molecule has 0 atom stereocenters. The standard InChI is InChI=1S/C19H40N2/c1-3-5-6-7-8-9-10-11-15-21-16-12-19(13-17-21)18-20-14-4-2/h19-20H,3-18H2,1-2H3. The van der Waals surface area contributed by atoms with Gasteiger partial charge in [0.05, 0.1) is 0 Å². The van der Waals surface area contributed by atoms with Crippen molar-refractivity contribution in [1.29, 1.82) is 0 Å². The molecule has 0 aromatic carbocycles. The van der Waals surface area contributed by atoms with Crippen molar-refractivity contribution >= 4 is 0 Å². The molecule has 2 nitrogen and oxygen atoms in total. The van der Waals surface area contributed by atoms with E-state index in [2.05, 4.69) is 24.1 Å². The van der Waals surface area contributed by atoms with Crippen LogP contribution in [0.15, 0.2) is 0 Å². The molecule has 0 radical (unpaired) electrons. The normalized spacial score (nSPS) is 17.4. The van der Waals surface area contributed by atoms with E-state index >= 15 is 0 Å². The van der Waals surface area contributed by atoms with Crippen LogP contribution in [0.2, 0.25) is 0 Å². The Morgan fingerprint density at radius 1 is 0.810 bits per heavy atom. The lowest BCUT2D eigenvalue weighted by Gasteiger charge is -2.32. The number of hydrogen-bond donors (Lipinski definition) is 1. The average molecular weight is 297 g/mol. The number of unbranched alkanes of at least 4 members (excludes halogenated alkanes) is 7. The molecular formula is C19H40N2. The Kier molecular flexibility index (Phi) is 12.3. The molecule has 0 aromatic heterocycles. The minimum absolute atomic E-state index is 0.936. The molecule has 1 saturated heterocycles. The monoisotopic (exact) mass is 296 g/mol. The van der Waals surface area contributed by atoms with Crippen molar-refractivity contribution in [3.63, 3.8) is 0 Å². The van der Waals surface area contributed by atoms with Crippen LogP contribution in [0.4, 0.5) is 0 Å². The average Bonchev–Trinajstić information content (AvgIpc) is 2.52. The van der Waals surface area contributed by atoms with Gasteiger partial charge in [0.1, 0.15) is 0 Å². The third-order valence-electron chi connectivity index (χ3n) is 4.89. The molecule has 0 amide bonds. The summed E-state index contributed by atoms with van der Waals surface area (Å²) in [7, 11) is 0. The van der Waals surface area contributed by atoms with Gasteiger partial charge >= 0.3 is 0 Å². The molecule has 0 bridgehead atoms. The van der Waals surface area contributed by atoms with E-state index in [4.69, 9.17) is 0 Å². The van der Waals surface area contributed by atoms with E-state index in [0.717, 1.165) is 5.92 Å². The first-order chi connectivity index (χ1) is 10.4. The first kappa shape index (κ1) is 19.0. The molecule has 2 heteroatoms. The summed E-state index contributed by atoms with van der Waals surface area (Å²) in [4.78, 5) is 2.70. The van der Waals surface area contributed by atoms with Gasteiger partial charge < -0.3 is 10.2 Å². The topological polar surface area (TPSA) is 15.3 Å². The molecule has 1 aliphatic heterocycles. The van der Waals surface area contributed by atoms with Gasteiger partial charge in [0.15, 0.2) is 0 Å². The van der Waals surface area contributed by atoms with E-state index in [1.54, 1.807) is 0 Å². The molecule has 21 heavy (non-hydrogen) atoms. The van der Waals surface area contributed by atoms with Crippen LogP contribution in [0, 0.1) is 5.92 Å². The lowest BCUT2D eigenvalue weighted by molar-refractivity contribution is 0.179. The summed E-state index contributed by atoms with van der Waals surface area (Å²) < 4.78 is 0. The molecule has 1 heterocycles. The van der Waals surface area contributed by atoms with E-state index in [1.807, 2.05) is 0 Å². The summed E-state index contributed by atoms with van der Waals surface area (Å²) in [6, 6.07) is 0. The van der Waals surface area contributed by atoms with Crippen LogP contribution in [0.1, 0.15) is 84.5 Å². The first-order valence-electron chi connectivity index (χ1n) is 9.79. The summed E-state index contributed by atoms with van der Waals surface area (Å²) >= 11 is 0. The summed E-state index contributed by atoms with van der Waals surface area (Å²) in [6.07, 6.45) is 15.6. The van der Waals surface area contributed by atoms with Crippen LogP contribution in [0.3, 0.4) is 0 Å². The highest BCUT2D eigenvalue weighted by Crippen LogP contribution is 2.17. The Morgan fingerprint density at radius 2 is 1.43 bits per heavy atom. The summed E-state index contributed by atoms with van der Waals surface area (Å²) in [6.45, 7) is 11.0. The lowest BCUT2D eigenvalue weighted by atomic mass is 9.96. The van der Waals surface area contributed by atoms with Crippen molar-refractivity contribution in [2.45, 2.75) is 84.5 Å². The van der Waals surface area contributed by atoms with Gasteiger partial charge in [0, 0.05) is 0 Å². The molecule has 126 valence electrons. The quantitative estimate of drug-likeness (QED) is 0.489. The number of rotatable bonds is 13. The van der Waals surface area contributed by atoms with E-state index < -0.39 is 0 Å². The van der Waals surface area contributed by atoms with Gasteiger partial charge in [-0.25, -0.2) is 0 Å². The smallest absolute Gasteiger partial charge is 0.00156 e. The molecule has 0 aliphatic carbocycles. The van der Waals surface area contributed by atoms with Gasteiger partial charge in [0.25, 0.3) is 0 Å².